The van der Waals surface area contributed by atoms with E-state index >= 15 is 0 Å². The number of nitrogens with one attached hydrogen (secondary N) is 2. The van der Waals surface area contributed by atoms with Crippen molar-refractivity contribution in [1.82, 2.24) is 20.5 Å². The zero-order valence-electron chi connectivity index (χ0n) is 15.1. The van der Waals surface area contributed by atoms with Crippen molar-refractivity contribution in [2.24, 2.45) is 5.92 Å². The Morgan fingerprint density at radius 2 is 2.20 bits per heavy atom. The van der Waals surface area contributed by atoms with Crippen LogP contribution in [0.4, 0.5) is 4.79 Å². The number of hydrogen-bond acceptors (Lipinski definition) is 4. The maximum atomic E-state index is 12.4. The van der Waals surface area contributed by atoms with Crippen LogP contribution in [0, 0.1) is 5.92 Å². The molecule has 7 heteroatoms. The van der Waals surface area contributed by atoms with E-state index in [1.165, 1.54) is 0 Å². The van der Waals surface area contributed by atoms with E-state index in [-0.39, 0.29) is 17.9 Å². The predicted molar refractivity (Wildman–Crippen MR) is 95.2 cm³/mol. The number of hydrogen-bond donors (Lipinski definition) is 2. The minimum atomic E-state index is -0.136. The van der Waals surface area contributed by atoms with Crippen molar-refractivity contribution >= 4 is 11.9 Å². The second-order valence-electron chi connectivity index (χ2n) is 6.17. The summed E-state index contributed by atoms with van der Waals surface area (Å²) >= 11 is 0. The first-order chi connectivity index (χ1) is 12.1. The van der Waals surface area contributed by atoms with Gasteiger partial charge in [0.25, 0.3) is 0 Å². The average Bonchev–Trinajstić information content (AvgIpc) is 2.65. The molecule has 7 nitrogen and oxygen atoms in total. The third-order valence-electron chi connectivity index (χ3n) is 4.16. The number of nitrogens with zero attached hydrogens (tertiary/aromatic N) is 2. The minimum Gasteiger partial charge on any atom is -0.478 e. The predicted octanol–water partition coefficient (Wildman–Crippen LogP) is 1.93. The van der Waals surface area contributed by atoms with E-state index < -0.39 is 0 Å². The van der Waals surface area contributed by atoms with Crippen LogP contribution in [0.25, 0.3) is 0 Å². The Kier molecular flexibility index (Phi) is 7.50. The zero-order chi connectivity index (χ0) is 18.1. The van der Waals surface area contributed by atoms with E-state index in [0.29, 0.717) is 38.7 Å². The minimum absolute atomic E-state index is 0.0508. The molecule has 1 aromatic heterocycles. The maximum Gasteiger partial charge on any atom is 0.317 e. The molecular weight excluding hydrogens is 320 g/mol. The van der Waals surface area contributed by atoms with Crippen LogP contribution in [0.5, 0.6) is 5.88 Å². The molecule has 2 rings (SSSR count). The van der Waals surface area contributed by atoms with Gasteiger partial charge in [0, 0.05) is 38.4 Å². The van der Waals surface area contributed by atoms with Gasteiger partial charge in [0.1, 0.15) is 0 Å². The Balaban J connectivity index is 1.83. The molecule has 0 bridgehead atoms. The van der Waals surface area contributed by atoms with Gasteiger partial charge < -0.3 is 20.3 Å². The number of carbonyl (C=O) groups is 2. The zero-order valence-corrected chi connectivity index (χ0v) is 15.1. The fourth-order valence-corrected chi connectivity index (χ4v) is 2.84. The van der Waals surface area contributed by atoms with Gasteiger partial charge in [-0.3, -0.25) is 4.79 Å². The summed E-state index contributed by atoms with van der Waals surface area (Å²) in [6, 6.07) is 3.53. The number of carbonyl (C=O) groups excluding carboxylic acids is 2. The van der Waals surface area contributed by atoms with Gasteiger partial charge in [-0.1, -0.05) is 6.92 Å². The molecule has 1 aliphatic heterocycles. The molecule has 0 aliphatic carbocycles. The summed E-state index contributed by atoms with van der Waals surface area (Å²) < 4.78 is 5.36. The summed E-state index contributed by atoms with van der Waals surface area (Å²) in [5, 5.41) is 5.83. The SMILES string of the molecule is CCCNC(=O)[C@@H]1CCCN(C(=O)NCc2ccnc(OCC)c2)C1. The van der Waals surface area contributed by atoms with Gasteiger partial charge in [0.05, 0.1) is 12.5 Å². The molecule has 0 aromatic carbocycles. The highest BCUT2D eigenvalue weighted by atomic mass is 16.5. The topological polar surface area (TPSA) is 83.6 Å². The Bertz CT molecular complexity index is 579. The van der Waals surface area contributed by atoms with Gasteiger partial charge >= 0.3 is 6.03 Å². The standard InChI is InChI=1S/C18H28N4O3/c1-3-8-20-17(23)15-6-5-10-22(13-15)18(24)21-12-14-7-9-19-16(11-14)25-4-2/h7,9,11,15H,3-6,8,10,12-13H2,1-2H3,(H,20,23)(H,21,24)/t15-/m1/s1. The molecule has 0 spiro atoms. The fraction of sp³-hybridized carbons (Fsp3) is 0.611. The summed E-state index contributed by atoms with van der Waals surface area (Å²) in [6.45, 7) is 6.73. The first-order valence-corrected chi connectivity index (χ1v) is 9.02. The quantitative estimate of drug-likeness (QED) is 0.789. The van der Waals surface area contributed by atoms with Crippen LogP contribution in [0.2, 0.25) is 0 Å². The molecule has 25 heavy (non-hydrogen) atoms. The lowest BCUT2D eigenvalue weighted by atomic mass is 9.97. The summed E-state index contributed by atoms with van der Waals surface area (Å²) in [7, 11) is 0. The molecule has 0 unspecified atom stereocenters. The molecule has 1 atom stereocenters. The molecule has 0 radical (unpaired) electrons. The van der Waals surface area contributed by atoms with Crippen molar-refractivity contribution in [3.05, 3.63) is 23.9 Å². The van der Waals surface area contributed by atoms with Crippen LogP contribution in [-0.4, -0.2) is 48.1 Å². The molecule has 1 fully saturated rings. The number of piperidine rings is 1. The number of aromatic nitrogens is 1. The van der Waals surface area contributed by atoms with Crippen LogP contribution >= 0.6 is 0 Å². The fourth-order valence-electron chi connectivity index (χ4n) is 2.84. The lowest BCUT2D eigenvalue weighted by Crippen LogP contribution is -2.48. The molecule has 2 N–H and O–H groups in total. The van der Waals surface area contributed by atoms with Gasteiger partial charge in [0.2, 0.25) is 11.8 Å². The van der Waals surface area contributed by atoms with E-state index in [0.717, 1.165) is 24.8 Å². The summed E-state index contributed by atoms with van der Waals surface area (Å²) in [6.07, 6.45) is 4.27. The van der Waals surface area contributed by atoms with Crippen LogP contribution in [-0.2, 0) is 11.3 Å². The van der Waals surface area contributed by atoms with Gasteiger partial charge in [0.15, 0.2) is 0 Å². The van der Waals surface area contributed by atoms with Crippen molar-refractivity contribution in [2.75, 3.05) is 26.2 Å². The second-order valence-corrected chi connectivity index (χ2v) is 6.17. The molecule has 1 aliphatic rings. The summed E-state index contributed by atoms with van der Waals surface area (Å²) in [4.78, 5) is 30.4. The molecule has 3 amide bonds. The van der Waals surface area contributed by atoms with E-state index in [4.69, 9.17) is 4.74 Å². The van der Waals surface area contributed by atoms with Crippen molar-refractivity contribution in [3.63, 3.8) is 0 Å². The molecular formula is C18H28N4O3. The highest BCUT2D eigenvalue weighted by molar-refractivity contribution is 5.80. The van der Waals surface area contributed by atoms with E-state index in [1.54, 1.807) is 11.1 Å². The maximum absolute atomic E-state index is 12.4. The van der Waals surface area contributed by atoms with Crippen LogP contribution in [0.1, 0.15) is 38.7 Å². The lowest BCUT2D eigenvalue weighted by molar-refractivity contribution is -0.126. The van der Waals surface area contributed by atoms with E-state index in [2.05, 4.69) is 15.6 Å². The third-order valence-corrected chi connectivity index (χ3v) is 4.16. The number of urea groups is 1. The normalized spacial score (nSPS) is 17.0. The Morgan fingerprint density at radius 1 is 1.36 bits per heavy atom. The highest BCUT2D eigenvalue weighted by Gasteiger charge is 2.28. The second kappa shape index (κ2) is 9.86. The van der Waals surface area contributed by atoms with Crippen LogP contribution in [0.3, 0.4) is 0 Å². The first-order valence-electron chi connectivity index (χ1n) is 9.02. The number of amides is 3. The highest BCUT2D eigenvalue weighted by Crippen LogP contribution is 2.17. The van der Waals surface area contributed by atoms with Crippen LogP contribution in [0.15, 0.2) is 18.3 Å². The largest absolute Gasteiger partial charge is 0.478 e. The van der Waals surface area contributed by atoms with Gasteiger partial charge in [-0.05, 0) is 37.8 Å². The first kappa shape index (κ1) is 19.0. The van der Waals surface area contributed by atoms with Crippen molar-refractivity contribution in [3.8, 4) is 5.88 Å². The number of rotatable bonds is 7. The molecule has 1 saturated heterocycles. The molecule has 138 valence electrons. The Morgan fingerprint density at radius 3 is 2.96 bits per heavy atom. The molecule has 2 heterocycles. The Hall–Kier alpha value is -2.31. The van der Waals surface area contributed by atoms with Crippen molar-refractivity contribution in [1.29, 1.82) is 0 Å². The smallest absolute Gasteiger partial charge is 0.317 e. The Labute approximate surface area is 149 Å². The van der Waals surface area contributed by atoms with Crippen molar-refractivity contribution in [2.45, 2.75) is 39.7 Å². The third kappa shape index (κ3) is 5.92. The average molecular weight is 348 g/mol. The van der Waals surface area contributed by atoms with E-state index in [9.17, 15) is 9.59 Å². The summed E-state index contributed by atoms with van der Waals surface area (Å²) in [5.74, 6) is 0.492. The molecule has 0 saturated carbocycles. The summed E-state index contributed by atoms with van der Waals surface area (Å²) in [5.41, 5.74) is 0.932. The van der Waals surface area contributed by atoms with Gasteiger partial charge in [-0.15, -0.1) is 0 Å². The van der Waals surface area contributed by atoms with Gasteiger partial charge in [-0.25, -0.2) is 9.78 Å². The number of pyridine rings is 1. The monoisotopic (exact) mass is 348 g/mol. The van der Waals surface area contributed by atoms with Crippen molar-refractivity contribution < 1.29 is 14.3 Å². The van der Waals surface area contributed by atoms with Crippen LogP contribution < -0.4 is 15.4 Å². The molecule has 1 aromatic rings. The van der Waals surface area contributed by atoms with Gasteiger partial charge in [-0.2, -0.15) is 0 Å². The lowest BCUT2D eigenvalue weighted by Gasteiger charge is -2.32. The number of ether oxygens (including phenoxy) is 1. The number of likely N-dealkylation sites (tertiary alicyclic amines) is 1. The van der Waals surface area contributed by atoms with E-state index in [1.807, 2.05) is 26.0 Å².